The monoisotopic (exact) mass is 394 g/mol. The van der Waals surface area contributed by atoms with Crippen molar-refractivity contribution in [3.8, 4) is 11.3 Å². The SMILES string of the molecule is Cc1nc2c(N3CC(C)(C)C(F)(F)C3)cc(-c3c[nH]c(=O)[nH]c3=O)nn2c1F. The van der Waals surface area contributed by atoms with E-state index in [1.54, 1.807) is 0 Å². The fourth-order valence-electron chi connectivity index (χ4n) is 3.32. The summed E-state index contributed by atoms with van der Waals surface area (Å²) in [5, 5.41) is 4.08. The lowest BCUT2D eigenvalue weighted by Crippen LogP contribution is -2.34. The molecule has 3 aromatic rings. The molecular formula is C17H17F3N6O2. The van der Waals surface area contributed by atoms with Gasteiger partial charge in [-0.15, -0.1) is 0 Å². The van der Waals surface area contributed by atoms with Crippen molar-refractivity contribution in [1.29, 1.82) is 0 Å². The van der Waals surface area contributed by atoms with Crippen LogP contribution in [0.3, 0.4) is 0 Å². The van der Waals surface area contributed by atoms with Gasteiger partial charge in [-0.25, -0.2) is 18.6 Å². The third-order valence-corrected chi connectivity index (χ3v) is 5.07. The minimum atomic E-state index is -2.97. The average Bonchev–Trinajstić information content (AvgIpc) is 2.99. The lowest BCUT2D eigenvalue weighted by molar-refractivity contribution is -0.0642. The van der Waals surface area contributed by atoms with Crippen molar-refractivity contribution in [2.45, 2.75) is 26.7 Å². The van der Waals surface area contributed by atoms with Gasteiger partial charge in [-0.2, -0.15) is 14.0 Å². The number of nitrogens with one attached hydrogen (secondary N) is 2. The first kappa shape index (κ1) is 18.3. The minimum absolute atomic E-state index is 0.00855. The number of hydrogen-bond acceptors (Lipinski definition) is 5. The third kappa shape index (κ3) is 2.60. The summed E-state index contributed by atoms with van der Waals surface area (Å²) < 4.78 is 44.2. The fourth-order valence-corrected chi connectivity index (χ4v) is 3.32. The molecule has 0 aliphatic carbocycles. The highest BCUT2D eigenvalue weighted by atomic mass is 19.3. The quantitative estimate of drug-likeness (QED) is 0.689. The molecule has 4 heterocycles. The van der Waals surface area contributed by atoms with Crippen LogP contribution >= 0.6 is 0 Å². The molecule has 0 aromatic carbocycles. The lowest BCUT2D eigenvalue weighted by Gasteiger charge is -2.24. The Morgan fingerprint density at radius 3 is 2.54 bits per heavy atom. The molecule has 4 rings (SSSR count). The summed E-state index contributed by atoms with van der Waals surface area (Å²) in [5.41, 5.74) is -2.40. The smallest absolute Gasteiger partial charge is 0.325 e. The predicted octanol–water partition coefficient (Wildman–Crippen LogP) is 1.70. The molecule has 0 amide bonds. The van der Waals surface area contributed by atoms with Crippen LogP contribution in [-0.4, -0.2) is 43.6 Å². The van der Waals surface area contributed by atoms with Crippen LogP contribution in [-0.2, 0) is 0 Å². The van der Waals surface area contributed by atoms with Gasteiger partial charge in [-0.05, 0) is 13.0 Å². The zero-order valence-electron chi connectivity index (χ0n) is 15.3. The van der Waals surface area contributed by atoms with Crippen LogP contribution in [0.4, 0.5) is 18.9 Å². The van der Waals surface area contributed by atoms with Crippen LogP contribution in [0.25, 0.3) is 16.9 Å². The molecule has 8 nitrogen and oxygen atoms in total. The Bertz CT molecular complexity index is 1190. The number of alkyl halides is 2. The Morgan fingerprint density at radius 2 is 1.93 bits per heavy atom. The van der Waals surface area contributed by atoms with Crippen LogP contribution in [0.1, 0.15) is 19.5 Å². The zero-order valence-corrected chi connectivity index (χ0v) is 15.3. The number of nitrogens with zero attached hydrogens (tertiary/aromatic N) is 4. The van der Waals surface area contributed by atoms with Crippen LogP contribution in [0, 0.1) is 18.3 Å². The number of imidazole rings is 1. The number of anilines is 1. The van der Waals surface area contributed by atoms with E-state index in [4.69, 9.17) is 0 Å². The molecule has 0 saturated carbocycles. The van der Waals surface area contributed by atoms with Gasteiger partial charge in [0, 0.05) is 18.2 Å². The second-order valence-electron chi connectivity index (χ2n) is 7.57. The molecule has 1 saturated heterocycles. The van der Waals surface area contributed by atoms with Crippen molar-refractivity contribution in [3.63, 3.8) is 0 Å². The number of aryl methyl sites for hydroxylation is 1. The summed E-state index contributed by atoms with van der Waals surface area (Å²) >= 11 is 0. The van der Waals surface area contributed by atoms with Crippen LogP contribution < -0.4 is 16.1 Å². The van der Waals surface area contributed by atoms with Crippen molar-refractivity contribution in [3.05, 3.63) is 44.7 Å². The Balaban J connectivity index is 1.97. The van der Waals surface area contributed by atoms with Crippen molar-refractivity contribution >= 4 is 11.3 Å². The Kier molecular flexibility index (Phi) is 3.71. The van der Waals surface area contributed by atoms with Gasteiger partial charge in [-0.3, -0.25) is 9.78 Å². The van der Waals surface area contributed by atoms with Crippen molar-refractivity contribution in [2.75, 3.05) is 18.0 Å². The summed E-state index contributed by atoms with van der Waals surface area (Å²) in [7, 11) is 0. The molecular weight excluding hydrogens is 377 g/mol. The van der Waals surface area contributed by atoms with Gasteiger partial charge >= 0.3 is 5.69 Å². The summed E-state index contributed by atoms with van der Waals surface area (Å²) in [6, 6.07) is 1.40. The highest BCUT2D eigenvalue weighted by molar-refractivity contribution is 5.75. The van der Waals surface area contributed by atoms with E-state index in [1.807, 2.05) is 0 Å². The topological polar surface area (TPSA) is 99.1 Å². The van der Waals surface area contributed by atoms with E-state index in [9.17, 15) is 22.8 Å². The number of aromatic amines is 2. The maximum absolute atomic E-state index is 14.5. The van der Waals surface area contributed by atoms with Gasteiger partial charge in [0.25, 0.3) is 11.5 Å². The summed E-state index contributed by atoms with van der Waals surface area (Å²) in [6.07, 6.45) is 1.14. The van der Waals surface area contributed by atoms with E-state index in [2.05, 4.69) is 20.1 Å². The van der Waals surface area contributed by atoms with E-state index in [0.717, 1.165) is 10.7 Å². The van der Waals surface area contributed by atoms with E-state index in [0.29, 0.717) is 0 Å². The zero-order chi connectivity index (χ0) is 20.4. The number of fused-ring (bicyclic) bond motifs is 1. The molecule has 0 radical (unpaired) electrons. The molecule has 0 atom stereocenters. The molecule has 3 aromatic heterocycles. The molecule has 11 heteroatoms. The first-order valence-corrected chi connectivity index (χ1v) is 8.51. The molecule has 28 heavy (non-hydrogen) atoms. The first-order valence-electron chi connectivity index (χ1n) is 8.51. The van der Waals surface area contributed by atoms with Crippen LogP contribution in [0.2, 0.25) is 0 Å². The second kappa shape index (κ2) is 5.69. The van der Waals surface area contributed by atoms with Gasteiger partial charge in [0.2, 0.25) is 5.95 Å². The molecule has 0 bridgehead atoms. The number of rotatable bonds is 2. The van der Waals surface area contributed by atoms with E-state index in [1.165, 1.54) is 31.7 Å². The fraction of sp³-hybridized carbons (Fsp3) is 0.412. The highest BCUT2D eigenvalue weighted by Crippen LogP contribution is 2.45. The average molecular weight is 394 g/mol. The van der Waals surface area contributed by atoms with Gasteiger partial charge in [0.1, 0.15) is 5.69 Å². The number of H-pyrrole nitrogens is 2. The van der Waals surface area contributed by atoms with E-state index >= 15 is 0 Å². The Hall–Kier alpha value is -3.11. The number of hydrogen-bond donors (Lipinski definition) is 2. The summed E-state index contributed by atoms with van der Waals surface area (Å²) in [5.74, 6) is -3.73. The number of aromatic nitrogens is 5. The Morgan fingerprint density at radius 1 is 1.21 bits per heavy atom. The van der Waals surface area contributed by atoms with Gasteiger partial charge in [-0.1, -0.05) is 13.8 Å². The highest BCUT2D eigenvalue weighted by Gasteiger charge is 2.54. The summed E-state index contributed by atoms with van der Waals surface area (Å²) in [6.45, 7) is 3.78. The lowest BCUT2D eigenvalue weighted by atomic mass is 9.89. The van der Waals surface area contributed by atoms with Crippen molar-refractivity contribution in [1.82, 2.24) is 24.6 Å². The molecule has 1 aliphatic rings. The predicted molar refractivity (Wildman–Crippen MR) is 95.3 cm³/mol. The standard InChI is InChI=1S/C17H17F3N6O2/c1-8-12(18)26-13(22-8)11(25-6-16(2,3)17(19,20)7-25)4-10(24-26)9-5-21-15(28)23-14(9)27/h4-5H,6-7H2,1-3H3,(H2,21,23,27,28). The van der Waals surface area contributed by atoms with Crippen molar-refractivity contribution in [2.24, 2.45) is 5.41 Å². The largest absolute Gasteiger partial charge is 0.362 e. The van der Waals surface area contributed by atoms with Gasteiger partial charge < -0.3 is 9.88 Å². The summed E-state index contributed by atoms with van der Waals surface area (Å²) in [4.78, 5) is 33.3. The van der Waals surface area contributed by atoms with Crippen LogP contribution in [0.15, 0.2) is 21.9 Å². The van der Waals surface area contributed by atoms with Gasteiger partial charge in [0.15, 0.2) is 5.65 Å². The maximum atomic E-state index is 14.5. The normalized spacial score (nSPS) is 18.1. The molecule has 1 aliphatic heterocycles. The molecule has 0 unspecified atom stereocenters. The maximum Gasteiger partial charge on any atom is 0.325 e. The van der Waals surface area contributed by atoms with Gasteiger partial charge in [0.05, 0.1) is 23.5 Å². The third-order valence-electron chi connectivity index (χ3n) is 5.07. The molecule has 1 fully saturated rings. The molecule has 0 spiro atoms. The van der Waals surface area contributed by atoms with Crippen molar-refractivity contribution < 1.29 is 13.2 Å². The molecule has 2 N–H and O–H groups in total. The first-order chi connectivity index (χ1) is 13.0. The second-order valence-corrected chi connectivity index (χ2v) is 7.57. The van der Waals surface area contributed by atoms with E-state index < -0.39 is 35.1 Å². The minimum Gasteiger partial charge on any atom is -0.362 e. The molecule has 148 valence electrons. The van der Waals surface area contributed by atoms with Crippen LogP contribution in [0.5, 0.6) is 0 Å². The number of halogens is 3. The van der Waals surface area contributed by atoms with E-state index in [-0.39, 0.29) is 34.8 Å². The Labute approximate surface area is 156 Å².